The summed E-state index contributed by atoms with van der Waals surface area (Å²) in [6.45, 7) is 12.8. The van der Waals surface area contributed by atoms with Gasteiger partial charge in [0.15, 0.2) is 14.8 Å². The summed E-state index contributed by atoms with van der Waals surface area (Å²) in [6.07, 6.45) is -0.332. The zero-order valence-corrected chi connectivity index (χ0v) is 23.8. The highest BCUT2D eigenvalue weighted by atomic mass is 31.1. The fraction of sp³-hybridized carbons (Fsp3) is 0.880. The minimum Gasteiger partial charge on any atom is -0.456 e. The highest BCUT2D eigenvalue weighted by Crippen LogP contribution is 2.41. The molecule has 0 bridgehead atoms. The number of aliphatic hydroxyl groups excluding tert-OH is 1. The van der Waals surface area contributed by atoms with Crippen molar-refractivity contribution in [3.05, 3.63) is 11.3 Å². The van der Waals surface area contributed by atoms with Gasteiger partial charge in [-0.05, 0) is 53.6 Å². The molecule has 10 heteroatoms. The normalized spacial score (nSPS) is 31.5. The number of methoxy groups -OCH3 is 1. The van der Waals surface area contributed by atoms with Crippen molar-refractivity contribution >= 4 is 14.4 Å². The molecule has 1 saturated heterocycles. The van der Waals surface area contributed by atoms with Crippen molar-refractivity contribution in [2.45, 2.75) is 103 Å². The molecular formula is C25H44NO8P. The van der Waals surface area contributed by atoms with Crippen LogP contribution in [0.25, 0.3) is 0 Å². The Bertz CT molecular complexity index is 787. The van der Waals surface area contributed by atoms with Crippen molar-refractivity contribution in [1.29, 1.82) is 0 Å². The van der Waals surface area contributed by atoms with E-state index in [1.54, 1.807) is 27.9 Å². The van der Waals surface area contributed by atoms with E-state index in [0.717, 1.165) is 6.42 Å². The standard InChI is InChI=1S/C25H44NO8P/c1-14(13-27)12-25(7,30-10)21(16(3)19-17(4)22(28)34-24(5,6)33-19)32-23-20(35-29)18(26(8)9)11-15(2)31-23/h14-16,18,20-21,23,27H,11-13H2,1-10H3/t14-,15-,16+,18?,20-,21-,23+,25-/m1/s1. The van der Waals surface area contributed by atoms with Gasteiger partial charge in [-0.2, -0.15) is 0 Å². The van der Waals surface area contributed by atoms with Crippen LogP contribution in [0.3, 0.4) is 0 Å². The van der Waals surface area contributed by atoms with Crippen LogP contribution in [-0.2, 0) is 33.0 Å². The Morgan fingerprint density at radius 3 is 2.43 bits per heavy atom. The lowest BCUT2D eigenvalue weighted by molar-refractivity contribution is -0.266. The maximum Gasteiger partial charge on any atom is 0.340 e. The van der Waals surface area contributed by atoms with E-state index < -0.39 is 41.3 Å². The van der Waals surface area contributed by atoms with Crippen LogP contribution in [0, 0.1) is 11.8 Å². The van der Waals surface area contributed by atoms with E-state index >= 15 is 0 Å². The fourth-order valence-corrected chi connectivity index (χ4v) is 5.89. The molecule has 0 aliphatic carbocycles. The van der Waals surface area contributed by atoms with Crippen LogP contribution in [0.15, 0.2) is 11.3 Å². The average molecular weight is 518 g/mol. The van der Waals surface area contributed by atoms with Gasteiger partial charge >= 0.3 is 5.97 Å². The smallest absolute Gasteiger partial charge is 0.340 e. The number of esters is 1. The largest absolute Gasteiger partial charge is 0.456 e. The summed E-state index contributed by atoms with van der Waals surface area (Å²) in [5.41, 5.74) is -0.941. The summed E-state index contributed by atoms with van der Waals surface area (Å²) >= 11 is 0. The number of carbonyl (C=O) groups excluding carboxylic acids is 1. The summed E-state index contributed by atoms with van der Waals surface area (Å²) in [6, 6.07) is -0.00941. The molecule has 1 N–H and O–H groups in total. The third-order valence-electron chi connectivity index (χ3n) is 7.05. The number of ether oxygens (including phenoxy) is 5. The van der Waals surface area contributed by atoms with Crippen molar-refractivity contribution in [3.8, 4) is 0 Å². The van der Waals surface area contributed by atoms with Crippen molar-refractivity contribution in [2.24, 2.45) is 11.8 Å². The number of nitrogens with zero attached hydrogens (tertiary/aromatic N) is 1. The zero-order valence-electron chi connectivity index (χ0n) is 22.9. The first-order valence-electron chi connectivity index (χ1n) is 12.3. The lowest BCUT2D eigenvalue weighted by Crippen LogP contribution is -2.57. The van der Waals surface area contributed by atoms with Gasteiger partial charge in [-0.25, -0.2) is 4.79 Å². The molecule has 0 radical (unpaired) electrons. The van der Waals surface area contributed by atoms with Crippen LogP contribution >= 0.6 is 8.46 Å². The minimum atomic E-state index is -1.13. The van der Waals surface area contributed by atoms with E-state index in [2.05, 4.69) is 0 Å². The number of carbonyl (C=O) groups is 1. The second-order valence-electron chi connectivity index (χ2n) is 10.9. The van der Waals surface area contributed by atoms with Crippen LogP contribution in [0.4, 0.5) is 0 Å². The number of rotatable bonds is 11. The predicted molar refractivity (Wildman–Crippen MR) is 132 cm³/mol. The Hall–Kier alpha value is -1.09. The Labute approximate surface area is 211 Å². The number of cyclic esters (lactones) is 1. The van der Waals surface area contributed by atoms with Gasteiger partial charge in [0, 0.05) is 39.5 Å². The lowest BCUT2D eigenvalue weighted by atomic mass is 9.80. The van der Waals surface area contributed by atoms with Gasteiger partial charge in [-0.15, -0.1) is 0 Å². The molecule has 35 heavy (non-hydrogen) atoms. The Morgan fingerprint density at radius 2 is 1.91 bits per heavy atom. The van der Waals surface area contributed by atoms with Crippen molar-refractivity contribution in [1.82, 2.24) is 4.90 Å². The molecule has 0 aromatic heterocycles. The van der Waals surface area contributed by atoms with E-state index in [1.807, 2.05) is 46.7 Å². The molecule has 1 fully saturated rings. The van der Waals surface area contributed by atoms with Gasteiger partial charge in [0.2, 0.25) is 5.79 Å². The fourth-order valence-electron chi connectivity index (χ4n) is 5.12. The minimum absolute atomic E-state index is 0.00941. The van der Waals surface area contributed by atoms with Gasteiger partial charge in [0.1, 0.15) is 11.4 Å². The van der Waals surface area contributed by atoms with E-state index in [-0.39, 0.29) is 33.1 Å². The molecule has 8 atom stereocenters. The highest BCUT2D eigenvalue weighted by molar-refractivity contribution is 7.24. The van der Waals surface area contributed by atoms with Gasteiger partial charge in [-0.3, -0.25) is 4.57 Å². The Kier molecular flexibility index (Phi) is 10.3. The van der Waals surface area contributed by atoms with Crippen LogP contribution < -0.4 is 0 Å². The first-order valence-corrected chi connectivity index (χ1v) is 13.2. The molecule has 2 rings (SSSR count). The summed E-state index contributed by atoms with van der Waals surface area (Å²) in [5, 5.41) is 9.78. The highest BCUT2D eigenvalue weighted by Gasteiger charge is 2.49. The van der Waals surface area contributed by atoms with E-state index in [4.69, 9.17) is 23.7 Å². The SMILES string of the molecule is CO[C@](C)(C[C@@H](C)CO)[C@H](O[C@@H]1O[C@H](C)CC(N(C)C)[C@H]1P=O)[C@@H](C)C1=C(C)C(=O)OC(C)(C)O1. The quantitative estimate of drug-likeness (QED) is 0.324. The number of hydrogen-bond donors (Lipinski definition) is 1. The van der Waals surface area contributed by atoms with Crippen molar-refractivity contribution < 1.29 is 38.2 Å². The molecule has 0 amide bonds. The summed E-state index contributed by atoms with van der Waals surface area (Å²) in [5.74, 6) is -1.64. The molecule has 1 unspecified atom stereocenters. The topological polar surface area (TPSA) is 104 Å². The van der Waals surface area contributed by atoms with Crippen LogP contribution in [-0.4, -0.2) is 85.4 Å². The second kappa shape index (κ2) is 12.0. The molecule has 2 heterocycles. The summed E-state index contributed by atoms with van der Waals surface area (Å²) in [7, 11) is 5.44. The van der Waals surface area contributed by atoms with E-state index in [0.29, 0.717) is 17.8 Å². The Morgan fingerprint density at radius 1 is 1.29 bits per heavy atom. The van der Waals surface area contributed by atoms with Crippen LogP contribution in [0.2, 0.25) is 0 Å². The summed E-state index contributed by atoms with van der Waals surface area (Å²) < 4.78 is 42.7. The zero-order chi connectivity index (χ0) is 26.7. The molecule has 9 nitrogen and oxygen atoms in total. The van der Waals surface area contributed by atoms with Gasteiger partial charge in [0.05, 0.1) is 23.4 Å². The van der Waals surface area contributed by atoms with Crippen LogP contribution in [0.5, 0.6) is 0 Å². The van der Waals surface area contributed by atoms with E-state index in [9.17, 15) is 14.5 Å². The molecule has 0 aromatic rings. The van der Waals surface area contributed by atoms with Crippen molar-refractivity contribution in [2.75, 3.05) is 27.8 Å². The summed E-state index contributed by atoms with van der Waals surface area (Å²) in [4.78, 5) is 14.6. The maximum absolute atomic E-state index is 12.6. The molecule has 0 aromatic carbocycles. The predicted octanol–water partition coefficient (Wildman–Crippen LogP) is 3.74. The van der Waals surface area contributed by atoms with Crippen LogP contribution in [0.1, 0.15) is 61.3 Å². The monoisotopic (exact) mass is 517 g/mol. The molecule has 0 saturated carbocycles. The molecular weight excluding hydrogens is 473 g/mol. The Balaban J connectivity index is 2.54. The third kappa shape index (κ3) is 7.02. The lowest BCUT2D eigenvalue weighted by Gasteiger charge is -2.47. The first-order chi connectivity index (χ1) is 16.2. The second-order valence-corrected chi connectivity index (χ2v) is 11.7. The molecule has 2 aliphatic heterocycles. The van der Waals surface area contributed by atoms with Gasteiger partial charge < -0.3 is 33.7 Å². The average Bonchev–Trinajstić information content (AvgIpc) is 2.78. The van der Waals surface area contributed by atoms with E-state index in [1.165, 1.54) is 0 Å². The molecule has 202 valence electrons. The third-order valence-corrected chi connectivity index (χ3v) is 7.88. The maximum atomic E-state index is 12.6. The molecule has 0 spiro atoms. The van der Waals surface area contributed by atoms with Gasteiger partial charge in [0.25, 0.3) is 0 Å². The van der Waals surface area contributed by atoms with Crippen molar-refractivity contribution in [3.63, 3.8) is 0 Å². The van der Waals surface area contributed by atoms with Gasteiger partial charge in [-0.1, -0.05) is 13.8 Å². The number of hydrogen-bond acceptors (Lipinski definition) is 9. The first kappa shape index (κ1) is 30.1. The molecule has 2 aliphatic rings. The number of aliphatic hydroxyl groups is 1.